The Morgan fingerprint density at radius 2 is 2.06 bits per heavy atom. The molecule has 0 N–H and O–H groups in total. The zero-order chi connectivity index (χ0) is 13.5. The van der Waals surface area contributed by atoms with Crippen molar-refractivity contribution >= 4 is 5.78 Å². The summed E-state index contributed by atoms with van der Waals surface area (Å²) in [4.78, 5) is 12.0. The fourth-order valence-corrected chi connectivity index (χ4v) is 2.13. The SMILES string of the molecule is CCCC(C)COCC(=O)c1ccc(C)cc1C. The molecular formula is C16H24O2. The summed E-state index contributed by atoms with van der Waals surface area (Å²) in [5.41, 5.74) is 3.00. The maximum Gasteiger partial charge on any atom is 0.188 e. The van der Waals surface area contributed by atoms with Crippen molar-refractivity contribution in [2.45, 2.75) is 40.5 Å². The molecule has 1 rings (SSSR count). The average Bonchev–Trinajstić information content (AvgIpc) is 2.29. The summed E-state index contributed by atoms with van der Waals surface area (Å²) in [7, 11) is 0. The first-order valence-electron chi connectivity index (χ1n) is 6.72. The summed E-state index contributed by atoms with van der Waals surface area (Å²) in [5, 5.41) is 0. The van der Waals surface area contributed by atoms with E-state index in [2.05, 4.69) is 13.8 Å². The Balaban J connectivity index is 2.45. The van der Waals surface area contributed by atoms with Crippen LogP contribution in [0.25, 0.3) is 0 Å². The third kappa shape index (κ3) is 4.61. The van der Waals surface area contributed by atoms with Crippen LogP contribution < -0.4 is 0 Å². The zero-order valence-electron chi connectivity index (χ0n) is 12.0. The van der Waals surface area contributed by atoms with Gasteiger partial charge in [0.25, 0.3) is 0 Å². The normalized spacial score (nSPS) is 12.4. The molecule has 0 fully saturated rings. The Kier molecular flexibility index (Phi) is 6.06. The van der Waals surface area contributed by atoms with Crippen LogP contribution in [0.3, 0.4) is 0 Å². The van der Waals surface area contributed by atoms with Gasteiger partial charge in [0, 0.05) is 12.2 Å². The molecule has 0 saturated heterocycles. The van der Waals surface area contributed by atoms with Crippen LogP contribution in [0.5, 0.6) is 0 Å². The van der Waals surface area contributed by atoms with Gasteiger partial charge in [-0.1, -0.05) is 44.0 Å². The molecule has 0 aliphatic carbocycles. The molecule has 0 heterocycles. The summed E-state index contributed by atoms with van der Waals surface area (Å²) in [6.45, 7) is 9.19. The molecule has 0 spiro atoms. The smallest absolute Gasteiger partial charge is 0.188 e. The standard InChI is InChI=1S/C16H24O2/c1-5-6-13(3)10-18-11-16(17)15-8-7-12(2)9-14(15)4/h7-9,13H,5-6,10-11H2,1-4H3. The lowest BCUT2D eigenvalue weighted by atomic mass is 10.0. The molecule has 1 aromatic rings. The number of rotatable bonds is 7. The van der Waals surface area contributed by atoms with Crippen molar-refractivity contribution in [2.24, 2.45) is 5.92 Å². The van der Waals surface area contributed by atoms with Crippen LogP contribution in [0.1, 0.15) is 48.2 Å². The molecule has 0 aromatic heterocycles. The minimum atomic E-state index is 0.0798. The van der Waals surface area contributed by atoms with E-state index in [0.29, 0.717) is 12.5 Å². The molecule has 0 bridgehead atoms. The van der Waals surface area contributed by atoms with Crippen LogP contribution in [0.2, 0.25) is 0 Å². The lowest BCUT2D eigenvalue weighted by Crippen LogP contribution is -2.14. The third-order valence-corrected chi connectivity index (χ3v) is 3.10. The molecule has 100 valence electrons. The van der Waals surface area contributed by atoms with Gasteiger partial charge in [-0.25, -0.2) is 0 Å². The van der Waals surface area contributed by atoms with E-state index >= 15 is 0 Å². The summed E-state index contributed by atoms with van der Waals surface area (Å²) >= 11 is 0. The van der Waals surface area contributed by atoms with Crippen LogP contribution in [0, 0.1) is 19.8 Å². The molecule has 1 unspecified atom stereocenters. The summed E-state index contributed by atoms with van der Waals surface area (Å²) < 4.78 is 5.50. The first-order valence-corrected chi connectivity index (χ1v) is 6.72. The maximum absolute atomic E-state index is 12.0. The Hall–Kier alpha value is -1.15. The largest absolute Gasteiger partial charge is 0.373 e. The van der Waals surface area contributed by atoms with Crippen molar-refractivity contribution in [3.63, 3.8) is 0 Å². The van der Waals surface area contributed by atoms with Crippen LogP contribution in [0.4, 0.5) is 0 Å². The summed E-state index contributed by atoms with van der Waals surface area (Å²) in [6.07, 6.45) is 2.31. The van der Waals surface area contributed by atoms with Gasteiger partial charge in [-0.15, -0.1) is 0 Å². The Morgan fingerprint density at radius 1 is 1.33 bits per heavy atom. The van der Waals surface area contributed by atoms with Gasteiger partial charge >= 0.3 is 0 Å². The number of hydrogen-bond donors (Lipinski definition) is 0. The molecule has 0 aliphatic heterocycles. The topological polar surface area (TPSA) is 26.3 Å². The van der Waals surface area contributed by atoms with Crippen molar-refractivity contribution in [1.82, 2.24) is 0 Å². The molecule has 0 aliphatic rings. The van der Waals surface area contributed by atoms with E-state index in [1.165, 1.54) is 5.56 Å². The van der Waals surface area contributed by atoms with Crippen LogP contribution in [0.15, 0.2) is 18.2 Å². The van der Waals surface area contributed by atoms with Gasteiger partial charge in [-0.2, -0.15) is 0 Å². The molecule has 2 heteroatoms. The molecule has 18 heavy (non-hydrogen) atoms. The highest BCUT2D eigenvalue weighted by atomic mass is 16.5. The molecule has 0 saturated carbocycles. The molecule has 0 amide bonds. The Morgan fingerprint density at radius 3 is 2.67 bits per heavy atom. The summed E-state index contributed by atoms with van der Waals surface area (Å²) in [5.74, 6) is 0.609. The fourth-order valence-electron chi connectivity index (χ4n) is 2.13. The number of Topliss-reactive ketones (excluding diaryl/α,β-unsaturated/α-hetero) is 1. The van der Waals surface area contributed by atoms with E-state index in [1.54, 1.807) is 0 Å². The van der Waals surface area contributed by atoms with Gasteiger partial charge in [0.05, 0.1) is 0 Å². The van der Waals surface area contributed by atoms with Gasteiger partial charge in [0.1, 0.15) is 6.61 Å². The third-order valence-electron chi connectivity index (χ3n) is 3.10. The van der Waals surface area contributed by atoms with Crippen molar-refractivity contribution in [3.8, 4) is 0 Å². The monoisotopic (exact) mass is 248 g/mol. The lowest BCUT2D eigenvalue weighted by molar-refractivity contribution is 0.0682. The minimum absolute atomic E-state index is 0.0798. The first kappa shape index (κ1) is 14.9. The van der Waals surface area contributed by atoms with Gasteiger partial charge in [-0.3, -0.25) is 4.79 Å². The van der Waals surface area contributed by atoms with Gasteiger partial charge < -0.3 is 4.74 Å². The highest BCUT2D eigenvalue weighted by Gasteiger charge is 2.10. The second kappa shape index (κ2) is 7.32. The number of carbonyl (C=O) groups is 1. The van der Waals surface area contributed by atoms with E-state index in [4.69, 9.17) is 4.74 Å². The highest BCUT2D eigenvalue weighted by Crippen LogP contribution is 2.12. The Bertz CT molecular complexity index is 396. The van der Waals surface area contributed by atoms with Crippen LogP contribution in [-0.2, 0) is 4.74 Å². The number of ketones is 1. The Labute approximate surface area is 110 Å². The highest BCUT2D eigenvalue weighted by molar-refractivity contribution is 5.98. The first-order chi connectivity index (χ1) is 8.54. The van der Waals surface area contributed by atoms with Crippen molar-refractivity contribution < 1.29 is 9.53 Å². The number of ether oxygens (including phenoxy) is 1. The van der Waals surface area contributed by atoms with E-state index in [9.17, 15) is 4.79 Å². The lowest BCUT2D eigenvalue weighted by Gasteiger charge is -2.11. The fraction of sp³-hybridized carbons (Fsp3) is 0.562. The molecular weight excluding hydrogens is 224 g/mol. The molecule has 1 atom stereocenters. The van der Waals surface area contributed by atoms with Gasteiger partial charge in [0.2, 0.25) is 0 Å². The summed E-state index contributed by atoms with van der Waals surface area (Å²) in [6, 6.07) is 5.90. The van der Waals surface area contributed by atoms with Gasteiger partial charge in [0.15, 0.2) is 5.78 Å². The zero-order valence-corrected chi connectivity index (χ0v) is 12.0. The van der Waals surface area contributed by atoms with Crippen LogP contribution >= 0.6 is 0 Å². The predicted molar refractivity (Wildman–Crippen MR) is 75.1 cm³/mol. The van der Waals surface area contributed by atoms with Crippen molar-refractivity contribution in [3.05, 3.63) is 34.9 Å². The molecule has 0 radical (unpaired) electrons. The average molecular weight is 248 g/mol. The second-order valence-electron chi connectivity index (χ2n) is 5.15. The van der Waals surface area contributed by atoms with Crippen molar-refractivity contribution in [2.75, 3.05) is 13.2 Å². The van der Waals surface area contributed by atoms with E-state index in [1.807, 2.05) is 32.0 Å². The number of hydrogen-bond acceptors (Lipinski definition) is 2. The number of benzene rings is 1. The minimum Gasteiger partial charge on any atom is -0.373 e. The van der Waals surface area contributed by atoms with E-state index in [0.717, 1.165) is 24.0 Å². The molecule has 2 nitrogen and oxygen atoms in total. The molecule has 1 aromatic carbocycles. The second-order valence-corrected chi connectivity index (χ2v) is 5.15. The van der Waals surface area contributed by atoms with E-state index in [-0.39, 0.29) is 12.4 Å². The number of carbonyl (C=O) groups excluding carboxylic acids is 1. The van der Waals surface area contributed by atoms with E-state index < -0.39 is 0 Å². The van der Waals surface area contributed by atoms with Crippen LogP contribution in [-0.4, -0.2) is 19.0 Å². The van der Waals surface area contributed by atoms with Gasteiger partial charge in [-0.05, 0) is 31.7 Å². The number of aryl methyl sites for hydroxylation is 2. The maximum atomic E-state index is 12.0. The predicted octanol–water partition coefficient (Wildman–Crippen LogP) is 3.94. The van der Waals surface area contributed by atoms with Crippen molar-refractivity contribution in [1.29, 1.82) is 0 Å². The quantitative estimate of drug-likeness (QED) is 0.683.